The van der Waals surface area contributed by atoms with Gasteiger partial charge in [0.15, 0.2) is 0 Å². The van der Waals surface area contributed by atoms with Crippen molar-refractivity contribution >= 4 is 27.5 Å². The molecule has 0 aliphatic carbocycles. The van der Waals surface area contributed by atoms with E-state index in [1.54, 1.807) is 30.3 Å². The van der Waals surface area contributed by atoms with Crippen LogP contribution in [0.3, 0.4) is 0 Å². The summed E-state index contributed by atoms with van der Waals surface area (Å²) >= 11 is 3.34. The van der Waals surface area contributed by atoms with Crippen molar-refractivity contribution in [2.75, 3.05) is 5.32 Å². The van der Waals surface area contributed by atoms with Crippen LogP contribution in [0, 0.1) is 5.82 Å². The van der Waals surface area contributed by atoms with Crippen molar-refractivity contribution in [3.8, 4) is 11.5 Å². The Bertz CT molecular complexity index is 866. The molecule has 24 heavy (non-hydrogen) atoms. The number of benzene rings is 2. The normalized spacial score (nSPS) is 10.6. The van der Waals surface area contributed by atoms with Gasteiger partial charge in [0.25, 0.3) is 5.89 Å². The molecule has 0 saturated heterocycles. The number of carbonyl (C=O) groups is 1. The highest BCUT2D eigenvalue weighted by molar-refractivity contribution is 9.10. The minimum absolute atomic E-state index is 0.107. The Morgan fingerprint density at radius 2 is 2.00 bits per heavy atom. The summed E-state index contributed by atoms with van der Waals surface area (Å²) in [7, 11) is 0. The average Bonchev–Trinajstić information content (AvgIpc) is 3.02. The summed E-state index contributed by atoms with van der Waals surface area (Å²) < 4.78 is 20.0. The minimum Gasteiger partial charge on any atom is -0.421 e. The molecule has 3 rings (SSSR count). The summed E-state index contributed by atoms with van der Waals surface area (Å²) in [4.78, 5) is 12.0. The fraction of sp³-hybridized carbons (Fsp3) is 0.118. The molecule has 0 bridgehead atoms. The zero-order valence-corrected chi connectivity index (χ0v) is 14.1. The largest absolute Gasteiger partial charge is 0.421 e. The average molecular weight is 390 g/mol. The number of amides is 1. The monoisotopic (exact) mass is 389 g/mol. The molecule has 1 N–H and O–H groups in total. The number of anilines is 1. The van der Waals surface area contributed by atoms with Crippen LogP contribution < -0.4 is 5.32 Å². The molecule has 122 valence electrons. The number of halogens is 2. The highest BCUT2D eigenvalue weighted by Crippen LogP contribution is 2.21. The van der Waals surface area contributed by atoms with E-state index in [-0.39, 0.29) is 36.1 Å². The van der Waals surface area contributed by atoms with Gasteiger partial charge in [0.2, 0.25) is 11.8 Å². The maximum atomic E-state index is 13.7. The van der Waals surface area contributed by atoms with Crippen LogP contribution in [0.5, 0.6) is 0 Å². The number of hydrogen-bond acceptors (Lipinski definition) is 4. The molecule has 1 aromatic heterocycles. The van der Waals surface area contributed by atoms with Gasteiger partial charge in [0, 0.05) is 23.0 Å². The van der Waals surface area contributed by atoms with Gasteiger partial charge in [-0.25, -0.2) is 4.39 Å². The molecule has 1 heterocycles. The second-order valence-corrected chi connectivity index (χ2v) is 5.95. The first-order chi connectivity index (χ1) is 11.6. The molecule has 0 spiro atoms. The zero-order chi connectivity index (χ0) is 16.9. The van der Waals surface area contributed by atoms with Crippen molar-refractivity contribution < 1.29 is 13.6 Å². The molecule has 7 heteroatoms. The lowest BCUT2D eigenvalue weighted by atomic mass is 10.2. The molecule has 1 amide bonds. The van der Waals surface area contributed by atoms with E-state index in [4.69, 9.17) is 4.42 Å². The van der Waals surface area contributed by atoms with Crippen LogP contribution in [0.15, 0.2) is 57.4 Å². The molecule has 3 aromatic rings. The van der Waals surface area contributed by atoms with Crippen LogP contribution in [0.25, 0.3) is 11.5 Å². The molecular weight excluding hydrogens is 377 g/mol. The van der Waals surface area contributed by atoms with E-state index in [1.165, 1.54) is 6.07 Å². The van der Waals surface area contributed by atoms with Crippen LogP contribution in [-0.2, 0) is 11.2 Å². The highest BCUT2D eigenvalue weighted by atomic mass is 79.9. The smallest absolute Gasteiger partial charge is 0.250 e. The number of carbonyl (C=O) groups excluding carboxylic acids is 1. The summed E-state index contributed by atoms with van der Waals surface area (Å²) in [6, 6.07) is 13.5. The van der Waals surface area contributed by atoms with Crippen LogP contribution >= 0.6 is 15.9 Å². The van der Waals surface area contributed by atoms with E-state index in [1.807, 2.05) is 12.1 Å². The first-order valence-electron chi connectivity index (χ1n) is 7.24. The van der Waals surface area contributed by atoms with Crippen LogP contribution in [0.4, 0.5) is 10.1 Å². The summed E-state index contributed by atoms with van der Waals surface area (Å²) in [5.74, 6) is -0.202. The molecule has 0 radical (unpaired) electrons. The number of rotatable bonds is 5. The van der Waals surface area contributed by atoms with E-state index >= 15 is 0 Å². The van der Waals surface area contributed by atoms with Gasteiger partial charge in [0.1, 0.15) is 5.82 Å². The molecule has 2 aromatic carbocycles. The lowest BCUT2D eigenvalue weighted by Gasteiger charge is -2.04. The zero-order valence-electron chi connectivity index (χ0n) is 12.5. The summed E-state index contributed by atoms with van der Waals surface area (Å²) in [5.41, 5.74) is 0.946. The molecule has 0 atom stereocenters. The minimum atomic E-state index is -0.430. The number of aryl methyl sites for hydroxylation is 1. The van der Waals surface area contributed by atoms with E-state index in [0.29, 0.717) is 5.69 Å². The lowest BCUT2D eigenvalue weighted by Crippen LogP contribution is -2.12. The molecule has 0 unspecified atom stereocenters. The topological polar surface area (TPSA) is 68.0 Å². The standard InChI is InChI=1S/C17H13BrFN3O2/c18-11-4-3-5-12(10-11)20-15(23)8-9-16-21-22-17(24-16)13-6-1-2-7-14(13)19/h1-7,10H,8-9H2,(H,20,23). The highest BCUT2D eigenvalue weighted by Gasteiger charge is 2.13. The first kappa shape index (κ1) is 16.3. The van der Waals surface area contributed by atoms with Crippen molar-refractivity contribution in [3.63, 3.8) is 0 Å². The van der Waals surface area contributed by atoms with Crippen molar-refractivity contribution in [1.82, 2.24) is 10.2 Å². The Morgan fingerprint density at radius 3 is 2.79 bits per heavy atom. The van der Waals surface area contributed by atoms with Crippen molar-refractivity contribution in [2.45, 2.75) is 12.8 Å². The third-order valence-electron chi connectivity index (χ3n) is 3.25. The van der Waals surface area contributed by atoms with Gasteiger partial charge in [-0.15, -0.1) is 10.2 Å². The van der Waals surface area contributed by atoms with Gasteiger partial charge in [-0.2, -0.15) is 0 Å². The van der Waals surface area contributed by atoms with Gasteiger partial charge in [-0.1, -0.05) is 34.1 Å². The second kappa shape index (κ2) is 7.35. The van der Waals surface area contributed by atoms with Crippen LogP contribution in [-0.4, -0.2) is 16.1 Å². The Morgan fingerprint density at radius 1 is 1.17 bits per heavy atom. The number of hydrogen-bond donors (Lipinski definition) is 1. The Balaban J connectivity index is 1.59. The quantitative estimate of drug-likeness (QED) is 0.709. The predicted octanol–water partition coefficient (Wildman–Crippen LogP) is 4.21. The molecular formula is C17H13BrFN3O2. The van der Waals surface area contributed by atoms with E-state index in [0.717, 1.165) is 4.47 Å². The second-order valence-electron chi connectivity index (χ2n) is 5.04. The Kier molecular flexibility index (Phi) is 5.00. The van der Waals surface area contributed by atoms with Gasteiger partial charge in [-0.05, 0) is 30.3 Å². The number of aromatic nitrogens is 2. The number of nitrogens with one attached hydrogen (secondary N) is 1. The first-order valence-corrected chi connectivity index (χ1v) is 8.04. The maximum absolute atomic E-state index is 13.7. The van der Waals surface area contributed by atoms with Gasteiger partial charge < -0.3 is 9.73 Å². The molecule has 0 aliphatic rings. The third kappa shape index (κ3) is 4.05. The van der Waals surface area contributed by atoms with Crippen molar-refractivity contribution in [3.05, 3.63) is 64.7 Å². The molecule has 5 nitrogen and oxygen atoms in total. The van der Waals surface area contributed by atoms with Gasteiger partial charge in [0.05, 0.1) is 5.56 Å². The number of nitrogens with zero attached hydrogens (tertiary/aromatic N) is 2. The molecule has 0 aliphatic heterocycles. The van der Waals surface area contributed by atoms with E-state index in [9.17, 15) is 9.18 Å². The van der Waals surface area contributed by atoms with Crippen LogP contribution in [0.2, 0.25) is 0 Å². The fourth-order valence-corrected chi connectivity index (χ4v) is 2.51. The summed E-state index contributed by atoms with van der Waals surface area (Å²) in [6.45, 7) is 0. The fourth-order valence-electron chi connectivity index (χ4n) is 2.11. The summed E-state index contributed by atoms with van der Waals surface area (Å²) in [6.07, 6.45) is 0.465. The lowest BCUT2D eigenvalue weighted by molar-refractivity contribution is -0.116. The Hall–Kier alpha value is -2.54. The van der Waals surface area contributed by atoms with E-state index in [2.05, 4.69) is 31.4 Å². The van der Waals surface area contributed by atoms with Gasteiger partial charge in [-0.3, -0.25) is 4.79 Å². The molecule has 0 fully saturated rings. The van der Waals surface area contributed by atoms with Crippen LogP contribution in [0.1, 0.15) is 12.3 Å². The third-order valence-corrected chi connectivity index (χ3v) is 3.74. The van der Waals surface area contributed by atoms with Gasteiger partial charge >= 0.3 is 0 Å². The maximum Gasteiger partial charge on any atom is 0.250 e. The predicted molar refractivity (Wildman–Crippen MR) is 90.8 cm³/mol. The van der Waals surface area contributed by atoms with Crippen molar-refractivity contribution in [1.29, 1.82) is 0 Å². The summed E-state index contributed by atoms with van der Waals surface area (Å²) in [5, 5.41) is 10.5. The Labute approximate surface area is 146 Å². The van der Waals surface area contributed by atoms with E-state index < -0.39 is 5.82 Å². The van der Waals surface area contributed by atoms with Crippen molar-refractivity contribution in [2.24, 2.45) is 0 Å². The SMILES string of the molecule is O=C(CCc1nnc(-c2ccccc2F)o1)Nc1cccc(Br)c1. The molecule has 0 saturated carbocycles.